The zero-order chi connectivity index (χ0) is 16.5. The van der Waals surface area contributed by atoms with Crippen LogP contribution in [0, 0.1) is 29.1 Å². The topological polar surface area (TPSA) is 60.2 Å². The van der Waals surface area contributed by atoms with Crippen LogP contribution >= 0.6 is 0 Å². The number of carbonyl (C=O) groups is 1. The maximum Gasteiger partial charge on any atom is 0.225 e. The highest BCUT2D eigenvalue weighted by atomic mass is 16.2. The van der Waals surface area contributed by atoms with Gasteiger partial charge < -0.3 is 9.80 Å². The van der Waals surface area contributed by atoms with Crippen LogP contribution in [-0.4, -0.2) is 42.0 Å². The Morgan fingerprint density at radius 3 is 2.54 bits per heavy atom. The third-order valence-electron chi connectivity index (χ3n) is 6.14. The normalized spacial score (nSPS) is 27.1. The van der Waals surface area contributed by atoms with Crippen LogP contribution in [0.15, 0.2) is 18.5 Å². The van der Waals surface area contributed by atoms with E-state index in [1.165, 1.54) is 19.3 Å². The molecule has 0 aromatic carbocycles. The minimum absolute atomic E-state index is 0.155. The highest BCUT2D eigenvalue weighted by Crippen LogP contribution is 2.38. The first kappa shape index (κ1) is 15.4. The van der Waals surface area contributed by atoms with E-state index in [-0.39, 0.29) is 5.92 Å². The summed E-state index contributed by atoms with van der Waals surface area (Å²) in [7, 11) is 0. The number of pyridine rings is 1. The van der Waals surface area contributed by atoms with Crippen molar-refractivity contribution < 1.29 is 4.79 Å². The van der Waals surface area contributed by atoms with Gasteiger partial charge in [-0.05, 0) is 43.6 Å². The highest BCUT2D eigenvalue weighted by molar-refractivity contribution is 5.79. The molecule has 5 heteroatoms. The van der Waals surface area contributed by atoms with Crippen molar-refractivity contribution in [2.24, 2.45) is 17.8 Å². The van der Waals surface area contributed by atoms with Gasteiger partial charge in [0.05, 0.1) is 17.4 Å². The van der Waals surface area contributed by atoms with Crippen molar-refractivity contribution in [1.29, 1.82) is 5.26 Å². The fourth-order valence-corrected chi connectivity index (χ4v) is 4.77. The third-order valence-corrected chi connectivity index (χ3v) is 6.14. The maximum atomic E-state index is 12.8. The van der Waals surface area contributed by atoms with E-state index in [1.807, 2.05) is 0 Å². The number of likely N-dealkylation sites (tertiary alicyclic amines) is 1. The fourth-order valence-electron chi connectivity index (χ4n) is 4.77. The predicted molar refractivity (Wildman–Crippen MR) is 91.3 cm³/mol. The van der Waals surface area contributed by atoms with E-state index in [4.69, 9.17) is 0 Å². The molecule has 0 bridgehead atoms. The van der Waals surface area contributed by atoms with Gasteiger partial charge in [0.1, 0.15) is 6.07 Å². The van der Waals surface area contributed by atoms with Crippen LogP contribution < -0.4 is 4.90 Å². The summed E-state index contributed by atoms with van der Waals surface area (Å²) in [4.78, 5) is 21.3. The van der Waals surface area contributed by atoms with Crippen LogP contribution in [0.5, 0.6) is 0 Å². The summed E-state index contributed by atoms with van der Waals surface area (Å²) in [6, 6.07) is 4.00. The zero-order valence-electron chi connectivity index (χ0n) is 14.0. The van der Waals surface area contributed by atoms with Gasteiger partial charge in [-0.1, -0.05) is 6.42 Å². The van der Waals surface area contributed by atoms with Gasteiger partial charge in [-0.15, -0.1) is 0 Å². The predicted octanol–water partition coefficient (Wildman–Crippen LogP) is 2.43. The molecule has 3 heterocycles. The lowest BCUT2D eigenvalue weighted by Gasteiger charge is -2.34. The number of nitrogens with zero attached hydrogens (tertiary/aromatic N) is 4. The number of carbonyl (C=O) groups excluding carboxylic acids is 1. The fraction of sp³-hybridized carbons (Fsp3) is 0.632. The van der Waals surface area contributed by atoms with Gasteiger partial charge in [-0.2, -0.15) is 5.26 Å². The number of hydrogen-bond donors (Lipinski definition) is 0. The summed E-state index contributed by atoms with van der Waals surface area (Å²) in [6.07, 6.45) is 9.15. The van der Waals surface area contributed by atoms with Gasteiger partial charge in [0, 0.05) is 38.3 Å². The molecule has 2 saturated heterocycles. The lowest BCUT2D eigenvalue weighted by molar-refractivity contribution is -0.135. The number of nitriles is 1. The van der Waals surface area contributed by atoms with Crippen molar-refractivity contribution in [2.45, 2.75) is 32.1 Å². The summed E-state index contributed by atoms with van der Waals surface area (Å²) in [5, 5.41) is 9.25. The molecule has 2 aliphatic heterocycles. The molecule has 3 aliphatic rings. The number of fused-ring (bicyclic) bond motifs is 1. The SMILES string of the molecule is N#Cc1ccncc1N1CCC(C(=O)N2CC3CCCC3C2)CC1. The second kappa shape index (κ2) is 6.43. The molecule has 2 atom stereocenters. The second-order valence-corrected chi connectivity index (χ2v) is 7.46. The molecule has 5 nitrogen and oxygen atoms in total. The van der Waals surface area contributed by atoms with E-state index in [2.05, 4.69) is 20.9 Å². The third kappa shape index (κ3) is 2.75. The van der Waals surface area contributed by atoms with E-state index in [1.54, 1.807) is 18.5 Å². The molecule has 24 heavy (non-hydrogen) atoms. The largest absolute Gasteiger partial charge is 0.369 e. The molecule has 1 aromatic heterocycles. The van der Waals surface area contributed by atoms with Crippen molar-refractivity contribution in [3.05, 3.63) is 24.0 Å². The first-order chi connectivity index (χ1) is 11.8. The Balaban J connectivity index is 1.36. The molecule has 3 fully saturated rings. The van der Waals surface area contributed by atoms with E-state index in [0.717, 1.165) is 56.5 Å². The summed E-state index contributed by atoms with van der Waals surface area (Å²) in [5.74, 6) is 2.06. The number of amides is 1. The van der Waals surface area contributed by atoms with Crippen LogP contribution in [0.2, 0.25) is 0 Å². The molecule has 1 aliphatic carbocycles. The molecule has 126 valence electrons. The Hall–Kier alpha value is -2.09. The van der Waals surface area contributed by atoms with Gasteiger partial charge in [-0.3, -0.25) is 9.78 Å². The van der Waals surface area contributed by atoms with Gasteiger partial charge >= 0.3 is 0 Å². The first-order valence-electron chi connectivity index (χ1n) is 9.14. The van der Waals surface area contributed by atoms with Crippen molar-refractivity contribution in [2.75, 3.05) is 31.1 Å². The Bertz CT molecular complexity index is 648. The van der Waals surface area contributed by atoms with Crippen LogP contribution in [0.1, 0.15) is 37.7 Å². The molecule has 1 amide bonds. The Morgan fingerprint density at radius 2 is 1.88 bits per heavy atom. The minimum atomic E-state index is 0.155. The average molecular weight is 324 g/mol. The monoisotopic (exact) mass is 324 g/mol. The molecule has 0 N–H and O–H groups in total. The Kier molecular flexibility index (Phi) is 4.13. The van der Waals surface area contributed by atoms with Crippen LogP contribution in [0.4, 0.5) is 5.69 Å². The molecule has 1 aromatic rings. The van der Waals surface area contributed by atoms with E-state index in [9.17, 15) is 10.1 Å². The van der Waals surface area contributed by atoms with Crippen LogP contribution in [-0.2, 0) is 4.79 Å². The van der Waals surface area contributed by atoms with Gasteiger partial charge in [0.15, 0.2) is 0 Å². The first-order valence-corrected chi connectivity index (χ1v) is 9.14. The van der Waals surface area contributed by atoms with Gasteiger partial charge in [-0.25, -0.2) is 0 Å². The number of piperidine rings is 1. The number of rotatable bonds is 2. The molecule has 1 saturated carbocycles. The number of aromatic nitrogens is 1. The van der Waals surface area contributed by atoms with Crippen molar-refractivity contribution in [1.82, 2.24) is 9.88 Å². The summed E-state index contributed by atoms with van der Waals surface area (Å²) < 4.78 is 0. The summed E-state index contributed by atoms with van der Waals surface area (Å²) >= 11 is 0. The molecule has 0 radical (unpaired) electrons. The smallest absolute Gasteiger partial charge is 0.225 e. The summed E-state index contributed by atoms with van der Waals surface area (Å²) in [6.45, 7) is 3.64. The standard InChI is InChI=1S/C19H24N4O/c20-10-15-4-7-21-11-18(15)22-8-5-14(6-9-22)19(24)23-12-16-2-1-3-17(16)13-23/h4,7,11,14,16-17H,1-3,5-6,8-9,12-13H2. The Labute approximate surface area is 143 Å². The van der Waals surface area contributed by atoms with Crippen LogP contribution in [0.25, 0.3) is 0 Å². The lowest BCUT2D eigenvalue weighted by atomic mass is 9.94. The van der Waals surface area contributed by atoms with Crippen molar-refractivity contribution in [3.63, 3.8) is 0 Å². The lowest BCUT2D eigenvalue weighted by Crippen LogP contribution is -2.42. The number of hydrogen-bond acceptors (Lipinski definition) is 4. The van der Waals surface area contributed by atoms with Gasteiger partial charge in [0.25, 0.3) is 0 Å². The van der Waals surface area contributed by atoms with E-state index < -0.39 is 0 Å². The number of anilines is 1. The molecular formula is C19H24N4O. The highest BCUT2D eigenvalue weighted by Gasteiger charge is 2.40. The molecule has 2 unspecified atom stereocenters. The van der Waals surface area contributed by atoms with Gasteiger partial charge in [0.2, 0.25) is 5.91 Å². The molecule has 0 spiro atoms. The van der Waals surface area contributed by atoms with Crippen molar-refractivity contribution >= 4 is 11.6 Å². The average Bonchev–Trinajstić information content (AvgIpc) is 3.23. The van der Waals surface area contributed by atoms with Crippen LogP contribution in [0.3, 0.4) is 0 Å². The minimum Gasteiger partial charge on any atom is -0.369 e. The Morgan fingerprint density at radius 1 is 1.17 bits per heavy atom. The maximum absolute atomic E-state index is 12.8. The zero-order valence-corrected chi connectivity index (χ0v) is 14.0. The quantitative estimate of drug-likeness (QED) is 0.838. The molecule has 4 rings (SSSR count). The molecular weight excluding hydrogens is 300 g/mol. The van der Waals surface area contributed by atoms with Crippen molar-refractivity contribution in [3.8, 4) is 6.07 Å². The summed E-state index contributed by atoms with van der Waals surface area (Å²) in [5.41, 5.74) is 1.57. The van der Waals surface area contributed by atoms with E-state index >= 15 is 0 Å². The second-order valence-electron chi connectivity index (χ2n) is 7.46. The van der Waals surface area contributed by atoms with E-state index in [0.29, 0.717) is 11.5 Å².